The molecule has 5 heterocycles. The van der Waals surface area contributed by atoms with Crippen molar-refractivity contribution in [2.45, 2.75) is 0 Å². The standard InChI is InChI=1S/C44H27N7/c1-5-17-36-32(13-1)33-14-2-6-18-37(33)49(36)30-25-29(26-31(27-30)50-38-19-7-3-15-34(38)35-16-4-8-20-39(35)50)43-48-42-44(47-24-23-46-42)51(43)40-21-9-11-28-12-10-22-45-41(28)40/h1-27H. The zero-order valence-electron chi connectivity index (χ0n) is 27.2. The van der Waals surface area contributed by atoms with Crippen LogP contribution in [-0.2, 0) is 0 Å². The third-order valence-corrected chi connectivity index (χ3v) is 9.99. The van der Waals surface area contributed by atoms with Gasteiger partial charge < -0.3 is 9.13 Å². The Morgan fingerprint density at radius 2 is 0.941 bits per heavy atom. The number of benzene rings is 6. The maximum absolute atomic E-state index is 5.20. The molecule has 7 nitrogen and oxygen atoms in total. The second kappa shape index (κ2) is 10.7. The summed E-state index contributed by atoms with van der Waals surface area (Å²) in [5.74, 6) is 0.735. The van der Waals surface area contributed by atoms with Gasteiger partial charge in [-0.15, -0.1) is 0 Å². The van der Waals surface area contributed by atoms with Crippen LogP contribution < -0.4 is 0 Å². The first-order chi connectivity index (χ1) is 25.3. The summed E-state index contributed by atoms with van der Waals surface area (Å²) < 4.78 is 6.85. The number of hydrogen-bond donors (Lipinski definition) is 0. The van der Waals surface area contributed by atoms with Crippen LogP contribution in [0, 0.1) is 0 Å². The molecule has 11 aromatic rings. The van der Waals surface area contributed by atoms with Crippen molar-refractivity contribution >= 4 is 65.8 Å². The summed E-state index contributed by atoms with van der Waals surface area (Å²) in [6.07, 6.45) is 5.25. The van der Waals surface area contributed by atoms with Crippen LogP contribution in [0.4, 0.5) is 0 Å². The first kappa shape index (κ1) is 27.8. The third-order valence-electron chi connectivity index (χ3n) is 9.99. The molecule has 0 spiro atoms. The van der Waals surface area contributed by atoms with E-state index < -0.39 is 0 Å². The fourth-order valence-corrected chi connectivity index (χ4v) is 7.88. The molecule has 0 amide bonds. The lowest BCUT2D eigenvalue weighted by atomic mass is 10.1. The van der Waals surface area contributed by atoms with Gasteiger partial charge in [0.2, 0.25) is 0 Å². The van der Waals surface area contributed by atoms with E-state index in [1.165, 1.54) is 21.5 Å². The van der Waals surface area contributed by atoms with Gasteiger partial charge in [-0.2, -0.15) is 0 Å². The molecule has 0 aliphatic heterocycles. The van der Waals surface area contributed by atoms with Crippen molar-refractivity contribution in [3.8, 4) is 28.5 Å². The number of imidazole rings is 1. The van der Waals surface area contributed by atoms with Crippen molar-refractivity contribution in [2.75, 3.05) is 0 Å². The highest BCUT2D eigenvalue weighted by Crippen LogP contribution is 2.39. The number of aromatic nitrogens is 7. The minimum atomic E-state index is 0.570. The molecule has 0 N–H and O–H groups in total. The van der Waals surface area contributed by atoms with E-state index in [1.807, 2.05) is 12.3 Å². The highest BCUT2D eigenvalue weighted by molar-refractivity contribution is 6.10. The van der Waals surface area contributed by atoms with Gasteiger partial charge in [-0.25, -0.2) is 15.0 Å². The van der Waals surface area contributed by atoms with Crippen LogP contribution in [0.5, 0.6) is 0 Å². The fourth-order valence-electron chi connectivity index (χ4n) is 7.88. The highest BCUT2D eigenvalue weighted by Gasteiger charge is 2.22. The van der Waals surface area contributed by atoms with E-state index in [9.17, 15) is 0 Å². The minimum absolute atomic E-state index is 0.570. The first-order valence-electron chi connectivity index (χ1n) is 17.0. The molecular formula is C44H27N7. The first-order valence-corrected chi connectivity index (χ1v) is 17.0. The summed E-state index contributed by atoms with van der Waals surface area (Å²) in [4.78, 5) is 19.5. The van der Waals surface area contributed by atoms with Crippen molar-refractivity contribution in [3.05, 3.63) is 164 Å². The molecule has 0 bridgehead atoms. The molecule has 0 aliphatic rings. The average molecular weight is 654 g/mol. The van der Waals surface area contributed by atoms with Crippen molar-refractivity contribution in [3.63, 3.8) is 0 Å². The van der Waals surface area contributed by atoms with Crippen LogP contribution in [0.3, 0.4) is 0 Å². The lowest BCUT2D eigenvalue weighted by Crippen LogP contribution is -2.04. The quantitative estimate of drug-likeness (QED) is 0.190. The highest BCUT2D eigenvalue weighted by atomic mass is 15.2. The van der Waals surface area contributed by atoms with Gasteiger partial charge in [0.05, 0.1) is 33.3 Å². The number of rotatable bonds is 4. The van der Waals surface area contributed by atoms with Gasteiger partial charge >= 0.3 is 0 Å². The van der Waals surface area contributed by atoms with Crippen LogP contribution in [0.15, 0.2) is 164 Å². The smallest absolute Gasteiger partial charge is 0.198 e. The molecule has 0 radical (unpaired) electrons. The van der Waals surface area contributed by atoms with Gasteiger partial charge in [0.1, 0.15) is 5.82 Å². The lowest BCUT2D eigenvalue weighted by Gasteiger charge is -2.17. The summed E-state index contributed by atoms with van der Waals surface area (Å²) in [5, 5.41) is 5.87. The zero-order valence-corrected chi connectivity index (χ0v) is 27.2. The van der Waals surface area contributed by atoms with E-state index in [2.05, 4.69) is 158 Å². The Labute approximate surface area is 291 Å². The Balaban J connectivity index is 1.29. The fraction of sp³-hybridized carbons (Fsp3) is 0. The van der Waals surface area contributed by atoms with E-state index in [1.54, 1.807) is 12.4 Å². The molecule has 6 aromatic carbocycles. The van der Waals surface area contributed by atoms with Gasteiger partial charge in [-0.3, -0.25) is 9.55 Å². The second-order valence-electron chi connectivity index (χ2n) is 12.8. The van der Waals surface area contributed by atoms with E-state index in [-0.39, 0.29) is 0 Å². The number of fused-ring (bicyclic) bond motifs is 8. The van der Waals surface area contributed by atoms with Crippen LogP contribution in [0.25, 0.3) is 94.3 Å². The van der Waals surface area contributed by atoms with Gasteiger partial charge in [0.25, 0.3) is 0 Å². The molecule has 51 heavy (non-hydrogen) atoms. The van der Waals surface area contributed by atoms with Gasteiger partial charge in [-0.1, -0.05) is 91.0 Å². The van der Waals surface area contributed by atoms with Crippen LogP contribution in [0.2, 0.25) is 0 Å². The zero-order chi connectivity index (χ0) is 33.5. The molecule has 5 aromatic heterocycles. The molecule has 238 valence electrons. The monoisotopic (exact) mass is 653 g/mol. The molecule has 0 saturated carbocycles. The summed E-state index contributed by atoms with van der Waals surface area (Å²) in [6, 6.07) is 51.6. The Hall–Kier alpha value is -7.12. The van der Waals surface area contributed by atoms with Gasteiger partial charge in [-0.05, 0) is 54.6 Å². The van der Waals surface area contributed by atoms with E-state index in [0.717, 1.165) is 61.4 Å². The SMILES string of the molecule is c1cnc2c(-n3c(-c4cc(-n5c6ccccc6c6ccccc65)cc(-n5c6ccccc6c6ccccc65)c4)nc4nccnc43)cccc2c1. The average Bonchev–Trinajstić information content (AvgIpc) is 3.86. The van der Waals surface area contributed by atoms with E-state index >= 15 is 0 Å². The van der Waals surface area contributed by atoms with Crippen LogP contribution in [-0.4, -0.2) is 33.6 Å². The maximum Gasteiger partial charge on any atom is 0.198 e. The molecule has 0 atom stereocenters. The largest absolute Gasteiger partial charge is 0.309 e. The maximum atomic E-state index is 5.20. The molecule has 0 unspecified atom stereocenters. The van der Waals surface area contributed by atoms with E-state index in [4.69, 9.17) is 15.0 Å². The van der Waals surface area contributed by atoms with E-state index in [0.29, 0.717) is 11.3 Å². The molecular weight excluding hydrogens is 627 g/mol. The summed E-state index contributed by atoms with van der Waals surface area (Å²) in [7, 11) is 0. The van der Waals surface area contributed by atoms with Crippen molar-refractivity contribution in [1.29, 1.82) is 0 Å². The Morgan fingerprint density at radius 3 is 1.53 bits per heavy atom. The number of nitrogens with zero attached hydrogens (tertiary/aromatic N) is 7. The number of pyridine rings is 1. The molecule has 11 rings (SSSR count). The molecule has 0 aliphatic carbocycles. The molecule has 0 saturated heterocycles. The summed E-state index contributed by atoms with van der Waals surface area (Å²) >= 11 is 0. The Morgan fingerprint density at radius 1 is 0.412 bits per heavy atom. The Bertz CT molecular complexity index is 2920. The number of hydrogen-bond acceptors (Lipinski definition) is 4. The second-order valence-corrected chi connectivity index (χ2v) is 12.8. The lowest BCUT2D eigenvalue weighted by molar-refractivity contribution is 1.07. The van der Waals surface area contributed by atoms with Crippen LogP contribution >= 0.6 is 0 Å². The molecule has 0 fully saturated rings. The Kier molecular flexibility index (Phi) is 5.83. The third kappa shape index (κ3) is 4.06. The topological polar surface area (TPSA) is 66.3 Å². The van der Waals surface area contributed by atoms with Gasteiger partial charge in [0, 0.05) is 62.5 Å². The predicted octanol–water partition coefficient (Wildman–Crippen LogP) is 10.2. The summed E-state index contributed by atoms with van der Waals surface area (Å²) in [5.41, 5.74) is 10.5. The van der Waals surface area contributed by atoms with Gasteiger partial charge in [0.15, 0.2) is 11.3 Å². The van der Waals surface area contributed by atoms with Crippen molar-refractivity contribution < 1.29 is 0 Å². The molecule has 7 heteroatoms. The van der Waals surface area contributed by atoms with Crippen LogP contribution in [0.1, 0.15) is 0 Å². The normalized spacial score (nSPS) is 11.9. The van der Waals surface area contributed by atoms with Crippen molar-refractivity contribution in [1.82, 2.24) is 33.6 Å². The minimum Gasteiger partial charge on any atom is -0.309 e. The van der Waals surface area contributed by atoms with Crippen molar-refractivity contribution in [2.24, 2.45) is 0 Å². The summed E-state index contributed by atoms with van der Waals surface area (Å²) in [6.45, 7) is 0. The predicted molar refractivity (Wildman–Crippen MR) is 206 cm³/mol. The number of para-hydroxylation sites is 5.